The Hall–Kier alpha value is -4.50. The second-order valence-corrected chi connectivity index (χ2v) is 13.5. The van der Waals surface area contributed by atoms with Crippen molar-refractivity contribution in [2.75, 3.05) is 0 Å². The average Bonchev–Trinajstić information content (AvgIpc) is 3.42. The second kappa shape index (κ2) is 15.8. The summed E-state index contributed by atoms with van der Waals surface area (Å²) in [6.45, 7) is 6.92. The van der Waals surface area contributed by atoms with Crippen LogP contribution >= 0.6 is 23.2 Å². The molecule has 3 aromatic rings. The standard InChI is InChI=1S/C34H38Cl2F3N5O7/c1-5-16(3)25(28(40)45)42-31(48)33(12-11-23-21(15-33)20-13-18(35)14-22(36)27(20)41-23)44-29(46)26(17(4)6-2)43-32(49)50-30(47)19-9-7-8-10-24(19)51-34(37,38)39/h7-10,13-14,16-17,25-26,41H,5-6,11-12,15H2,1-4H3,(H2,40,45)(H,42,48)(H,43,49)(H,44,46)/t16-,17?,25-,26?,33+/m0/s1. The minimum absolute atomic E-state index is 0.0495. The Kier molecular flexibility index (Phi) is 12.2. The first kappa shape index (κ1) is 39.3. The Bertz CT molecular complexity index is 1840. The number of H-pyrrole nitrogens is 1. The summed E-state index contributed by atoms with van der Waals surface area (Å²) >= 11 is 12.8. The molecule has 5 atom stereocenters. The van der Waals surface area contributed by atoms with E-state index in [1.807, 2.05) is 6.92 Å². The molecule has 4 rings (SSSR count). The van der Waals surface area contributed by atoms with E-state index in [2.05, 4.69) is 25.7 Å². The number of nitrogens with two attached hydrogens (primary N) is 1. The molecule has 1 aromatic heterocycles. The number of halogens is 5. The number of aromatic nitrogens is 1. The highest BCUT2D eigenvalue weighted by Gasteiger charge is 2.47. The summed E-state index contributed by atoms with van der Waals surface area (Å²) in [4.78, 5) is 69.8. The molecule has 12 nitrogen and oxygen atoms in total. The molecule has 1 heterocycles. The maximum absolute atomic E-state index is 14.3. The number of alkyl carbamates (subject to hydrolysis) is 1. The number of carbonyl (C=O) groups is 5. The van der Waals surface area contributed by atoms with Gasteiger partial charge in [0.25, 0.3) is 0 Å². The summed E-state index contributed by atoms with van der Waals surface area (Å²) in [5.41, 5.74) is 5.27. The monoisotopic (exact) mass is 755 g/mol. The quantitative estimate of drug-likeness (QED) is 0.116. The van der Waals surface area contributed by atoms with Gasteiger partial charge in [-0.25, -0.2) is 9.59 Å². The molecule has 51 heavy (non-hydrogen) atoms. The Labute approximate surface area is 301 Å². The number of ether oxygens (including phenoxy) is 2. The van der Waals surface area contributed by atoms with Crippen molar-refractivity contribution < 1.29 is 46.6 Å². The van der Waals surface area contributed by atoms with Crippen LogP contribution in [0.4, 0.5) is 18.0 Å². The van der Waals surface area contributed by atoms with Gasteiger partial charge in [0.05, 0.1) is 10.5 Å². The summed E-state index contributed by atoms with van der Waals surface area (Å²) < 4.78 is 47.3. The van der Waals surface area contributed by atoms with E-state index in [0.717, 1.165) is 17.8 Å². The minimum Gasteiger partial charge on any atom is -0.405 e. The van der Waals surface area contributed by atoms with Crippen molar-refractivity contribution in [2.24, 2.45) is 17.6 Å². The van der Waals surface area contributed by atoms with E-state index in [0.29, 0.717) is 39.4 Å². The van der Waals surface area contributed by atoms with Gasteiger partial charge in [-0.05, 0) is 54.5 Å². The van der Waals surface area contributed by atoms with E-state index in [-0.39, 0.29) is 25.2 Å². The number of carbonyl (C=O) groups excluding carboxylic acids is 5. The first-order chi connectivity index (χ1) is 23.9. The predicted molar refractivity (Wildman–Crippen MR) is 182 cm³/mol. The highest BCUT2D eigenvalue weighted by atomic mass is 35.5. The summed E-state index contributed by atoms with van der Waals surface area (Å²) in [5, 5.41) is 9.17. The van der Waals surface area contributed by atoms with E-state index in [1.165, 1.54) is 12.1 Å². The normalized spacial score (nSPS) is 18.1. The summed E-state index contributed by atoms with van der Waals surface area (Å²) in [5.74, 6) is -5.61. The van der Waals surface area contributed by atoms with Gasteiger partial charge in [0.15, 0.2) is 0 Å². The summed E-state index contributed by atoms with van der Waals surface area (Å²) in [7, 11) is 0. The van der Waals surface area contributed by atoms with Crippen molar-refractivity contribution in [3.8, 4) is 5.75 Å². The molecule has 17 heteroatoms. The number of fused-ring (bicyclic) bond motifs is 3. The Balaban J connectivity index is 1.66. The second-order valence-electron chi connectivity index (χ2n) is 12.6. The number of aromatic amines is 1. The van der Waals surface area contributed by atoms with Gasteiger partial charge < -0.3 is 36.1 Å². The number of rotatable bonds is 12. The van der Waals surface area contributed by atoms with Crippen molar-refractivity contribution in [3.05, 3.63) is 63.3 Å². The Morgan fingerprint density at radius 1 is 1.00 bits per heavy atom. The zero-order valence-electron chi connectivity index (χ0n) is 28.1. The van der Waals surface area contributed by atoms with Crippen LogP contribution in [0, 0.1) is 11.8 Å². The molecule has 1 aliphatic rings. The zero-order chi connectivity index (χ0) is 37.8. The van der Waals surface area contributed by atoms with Gasteiger partial charge in [0.2, 0.25) is 17.7 Å². The van der Waals surface area contributed by atoms with Gasteiger partial charge in [0.1, 0.15) is 28.9 Å². The van der Waals surface area contributed by atoms with E-state index < -0.39 is 71.0 Å². The van der Waals surface area contributed by atoms with Crippen molar-refractivity contribution in [2.45, 2.75) is 83.8 Å². The molecule has 0 saturated heterocycles. The van der Waals surface area contributed by atoms with Crippen LogP contribution in [0.25, 0.3) is 10.9 Å². The molecule has 6 N–H and O–H groups in total. The molecule has 0 aliphatic heterocycles. The SMILES string of the molecule is CCC(C)C(NC(=O)OC(=O)c1ccccc1OC(F)(F)F)C(=O)N[C@]1(C(=O)N[C@H](C(N)=O)[C@@H](C)CC)CCc2[nH]c3c(Cl)cc(Cl)cc3c2C1. The van der Waals surface area contributed by atoms with Crippen molar-refractivity contribution in [1.82, 2.24) is 20.9 Å². The number of alkyl halides is 3. The fourth-order valence-corrected chi connectivity index (χ4v) is 6.54. The fourth-order valence-electron chi connectivity index (χ4n) is 6.00. The number of hydrogen-bond acceptors (Lipinski definition) is 7. The Morgan fingerprint density at radius 3 is 2.27 bits per heavy atom. The number of amides is 4. The summed E-state index contributed by atoms with van der Waals surface area (Å²) in [6, 6.07) is 5.05. The van der Waals surface area contributed by atoms with Gasteiger partial charge >= 0.3 is 18.4 Å². The number of esters is 1. The molecule has 1 aliphatic carbocycles. The van der Waals surface area contributed by atoms with Gasteiger partial charge in [-0.15, -0.1) is 13.2 Å². The number of aryl methyl sites for hydroxylation is 1. The van der Waals surface area contributed by atoms with Gasteiger partial charge in [-0.2, -0.15) is 0 Å². The van der Waals surface area contributed by atoms with Crippen LogP contribution in [-0.2, 0) is 32.0 Å². The zero-order valence-corrected chi connectivity index (χ0v) is 29.6. The third kappa shape index (κ3) is 9.06. The lowest BCUT2D eigenvalue weighted by atomic mass is 9.78. The molecule has 0 fully saturated rings. The highest BCUT2D eigenvalue weighted by molar-refractivity contribution is 6.38. The van der Waals surface area contributed by atoms with Crippen LogP contribution in [0.5, 0.6) is 5.75 Å². The van der Waals surface area contributed by atoms with Crippen LogP contribution in [-0.4, -0.2) is 58.8 Å². The van der Waals surface area contributed by atoms with E-state index >= 15 is 0 Å². The molecule has 0 spiro atoms. The van der Waals surface area contributed by atoms with E-state index in [1.54, 1.807) is 32.9 Å². The molecule has 276 valence electrons. The van der Waals surface area contributed by atoms with Gasteiger partial charge in [-0.3, -0.25) is 14.4 Å². The molecule has 0 bridgehead atoms. The van der Waals surface area contributed by atoms with Crippen LogP contribution in [0.3, 0.4) is 0 Å². The first-order valence-electron chi connectivity index (χ1n) is 16.2. The Morgan fingerprint density at radius 2 is 1.65 bits per heavy atom. The molecule has 0 radical (unpaired) electrons. The molecular formula is C34H38Cl2F3N5O7. The highest BCUT2D eigenvalue weighted by Crippen LogP contribution is 2.38. The number of hydrogen-bond donors (Lipinski definition) is 5. The van der Waals surface area contributed by atoms with E-state index in [9.17, 15) is 37.1 Å². The number of para-hydroxylation sites is 1. The topological polar surface area (TPSA) is 182 Å². The van der Waals surface area contributed by atoms with Crippen molar-refractivity contribution in [1.29, 1.82) is 0 Å². The minimum atomic E-state index is -5.13. The molecule has 0 saturated carbocycles. The van der Waals surface area contributed by atoms with Crippen LogP contribution < -0.4 is 26.4 Å². The van der Waals surface area contributed by atoms with E-state index in [4.69, 9.17) is 33.7 Å². The fraction of sp³-hybridized carbons (Fsp3) is 0.441. The molecular weight excluding hydrogens is 718 g/mol. The summed E-state index contributed by atoms with van der Waals surface area (Å²) in [6.07, 6.45) is -5.49. The van der Waals surface area contributed by atoms with Gasteiger partial charge in [-0.1, -0.05) is 75.9 Å². The lowest BCUT2D eigenvalue weighted by molar-refractivity contribution is -0.274. The molecule has 2 unspecified atom stereocenters. The lowest BCUT2D eigenvalue weighted by Crippen LogP contribution is -2.67. The molecule has 2 aromatic carbocycles. The maximum Gasteiger partial charge on any atom is 0.573 e. The third-order valence-electron chi connectivity index (χ3n) is 9.19. The van der Waals surface area contributed by atoms with Crippen molar-refractivity contribution in [3.63, 3.8) is 0 Å². The van der Waals surface area contributed by atoms with Crippen LogP contribution in [0.2, 0.25) is 10.0 Å². The average molecular weight is 757 g/mol. The predicted octanol–water partition coefficient (Wildman–Crippen LogP) is 5.71. The number of benzene rings is 2. The third-order valence-corrected chi connectivity index (χ3v) is 9.71. The number of primary amides is 1. The van der Waals surface area contributed by atoms with Gasteiger partial charge in [0, 0.05) is 22.5 Å². The largest absolute Gasteiger partial charge is 0.573 e. The lowest BCUT2D eigenvalue weighted by Gasteiger charge is -2.39. The maximum atomic E-state index is 14.3. The van der Waals surface area contributed by atoms with Crippen LogP contribution in [0.1, 0.15) is 68.6 Å². The van der Waals surface area contributed by atoms with Crippen LogP contribution in [0.15, 0.2) is 36.4 Å². The molecule has 4 amide bonds. The van der Waals surface area contributed by atoms with Crippen molar-refractivity contribution >= 4 is 63.9 Å². The first-order valence-corrected chi connectivity index (χ1v) is 16.9. The smallest absolute Gasteiger partial charge is 0.405 e. The number of nitrogens with one attached hydrogen (secondary N) is 4.